The minimum Gasteiger partial charge on any atom is -0.480 e. The molecule has 0 spiro atoms. The zero-order valence-electron chi connectivity index (χ0n) is 9.65. The summed E-state index contributed by atoms with van der Waals surface area (Å²) in [6.45, 7) is -0.467. The topological polar surface area (TPSA) is 140 Å². The van der Waals surface area contributed by atoms with E-state index in [0.29, 0.717) is 0 Å². The van der Waals surface area contributed by atoms with Gasteiger partial charge in [-0.15, -0.1) is 0 Å². The summed E-state index contributed by atoms with van der Waals surface area (Å²) >= 11 is 0. The molecule has 0 radical (unpaired) electrons. The summed E-state index contributed by atoms with van der Waals surface area (Å²) < 4.78 is 25.6. The van der Waals surface area contributed by atoms with E-state index in [4.69, 9.17) is 15.5 Å². The van der Waals surface area contributed by atoms with Crippen LogP contribution in [0.5, 0.6) is 0 Å². The normalized spacial score (nSPS) is 12.6. The van der Waals surface area contributed by atoms with E-state index in [2.05, 4.69) is 4.98 Å². The number of aromatic nitrogens is 1. The van der Waals surface area contributed by atoms with Crippen molar-refractivity contribution in [2.24, 2.45) is 0 Å². The largest absolute Gasteiger partial charge is 0.480 e. The molecule has 0 fully saturated rings. The summed E-state index contributed by atoms with van der Waals surface area (Å²) in [6, 6.07) is 2.66. The lowest BCUT2D eigenvalue weighted by molar-refractivity contribution is -0.139. The fraction of sp³-hybridized carbons (Fsp3) is 0.300. The van der Waals surface area contributed by atoms with Crippen molar-refractivity contribution in [1.82, 2.24) is 9.71 Å². The van der Waals surface area contributed by atoms with E-state index in [0.717, 1.165) is 12.3 Å². The van der Waals surface area contributed by atoms with E-state index in [9.17, 15) is 13.2 Å². The first kappa shape index (κ1) is 15.0. The number of pyridine rings is 1. The summed E-state index contributed by atoms with van der Waals surface area (Å²) in [5.41, 5.74) is 0.0455. The predicted octanol–water partition coefficient (Wildman–Crippen LogP) is -0.933. The fourth-order valence-corrected chi connectivity index (χ4v) is 2.39. The lowest BCUT2D eigenvalue weighted by Gasteiger charge is -2.13. The standard InChI is InChI=1S/C10H11N3O5S/c11-5-7-1-2-8(6-12-7)19(17,18)13-9(3-4-14)10(15)16/h1-2,6,9,13-14H,3-4H2,(H,15,16)/t9-/m1/s1. The molecule has 1 aromatic heterocycles. The third kappa shape index (κ3) is 3.99. The van der Waals surface area contributed by atoms with Gasteiger partial charge in [0.2, 0.25) is 10.0 Å². The summed E-state index contributed by atoms with van der Waals surface area (Å²) in [4.78, 5) is 14.1. The first-order chi connectivity index (χ1) is 8.90. The quantitative estimate of drug-likeness (QED) is 0.613. The van der Waals surface area contributed by atoms with Crippen molar-refractivity contribution in [3.05, 3.63) is 24.0 Å². The van der Waals surface area contributed by atoms with E-state index < -0.39 is 28.6 Å². The Balaban J connectivity index is 2.96. The molecule has 1 heterocycles. The molecule has 1 rings (SSSR count). The molecule has 1 aromatic rings. The summed E-state index contributed by atoms with van der Waals surface area (Å²) in [7, 11) is -4.07. The van der Waals surface area contributed by atoms with Gasteiger partial charge in [-0.3, -0.25) is 4.79 Å². The van der Waals surface area contributed by atoms with Gasteiger partial charge < -0.3 is 10.2 Å². The molecule has 0 saturated carbocycles. The van der Waals surface area contributed by atoms with Crippen molar-refractivity contribution in [3.63, 3.8) is 0 Å². The van der Waals surface area contributed by atoms with Gasteiger partial charge in [0, 0.05) is 12.8 Å². The second kappa shape index (κ2) is 6.24. The van der Waals surface area contributed by atoms with Crippen LogP contribution in [0.25, 0.3) is 0 Å². The van der Waals surface area contributed by atoms with Crippen molar-refractivity contribution in [2.75, 3.05) is 6.61 Å². The van der Waals surface area contributed by atoms with Crippen molar-refractivity contribution >= 4 is 16.0 Å². The monoisotopic (exact) mass is 285 g/mol. The minimum absolute atomic E-state index is 0.0455. The number of aliphatic hydroxyl groups excluding tert-OH is 1. The molecule has 8 nitrogen and oxygen atoms in total. The number of nitrogens with one attached hydrogen (secondary N) is 1. The predicted molar refractivity (Wildman–Crippen MR) is 62.4 cm³/mol. The first-order valence-electron chi connectivity index (χ1n) is 5.13. The molecule has 102 valence electrons. The number of sulfonamides is 1. The van der Waals surface area contributed by atoms with Crippen molar-refractivity contribution in [3.8, 4) is 6.07 Å². The molecule has 0 bridgehead atoms. The Morgan fingerprint density at radius 3 is 2.63 bits per heavy atom. The van der Waals surface area contributed by atoms with Gasteiger partial charge in [-0.2, -0.15) is 9.98 Å². The number of aliphatic carboxylic acids is 1. The first-order valence-corrected chi connectivity index (χ1v) is 6.61. The Bertz CT molecular complexity index is 591. The third-order valence-electron chi connectivity index (χ3n) is 2.17. The lowest BCUT2D eigenvalue weighted by atomic mass is 10.2. The second-order valence-corrected chi connectivity index (χ2v) is 5.23. The Labute approximate surface area is 109 Å². The van der Waals surface area contributed by atoms with Crippen molar-refractivity contribution in [2.45, 2.75) is 17.4 Å². The van der Waals surface area contributed by atoms with E-state index >= 15 is 0 Å². The highest BCUT2D eigenvalue weighted by atomic mass is 32.2. The number of nitrogens with zero attached hydrogens (tertiary/aromatic N) is 2. The Kier molecular flexibility index (Phi) is 4.94. The number of carboxylic acid groups (broad SMARTS) is 1. The van der Waals surface area contributed by atoms with Crippen molar-refractivity contribution < 1.29 is 23.4 Å². The van der Waals surface area contributed by atoms with Gasteiger partial charge in [0.05, 0.1) is 0 Å². The number of carboxylic acids is 1. The number of hydrogen-bond donors (Lipinski definition) is 3. The lowest BCUT2D eigenvalue weighted by Crippen LogP contribution is -2.41. The van der Waals surface area contributed by atoms with Crippen molar-refractivity contribution in [1.29, 1.82) is 5.26 Å². The number of hydrogen-bond acceptors (Lipinski definition) is 6. The zero-order chi connectivity index (χ0) is 14.5. The Morgan fingerprint density at radius 1 is 1.53 bits per heavy atom. The van der Waals surface area contributed by atoms with Crippen LogP contribution in [0.15, 0.2) is 23.2 Å². The molecule has 0 saturated heterocycles. The maximum absolute atomic E-state index is 11.8. The maximum atomic E-state index is 11.8. The molecule has 0 amide bonds. The number of carbonyl (C=O) groups is 1. The van der Waals surface area contributed by atoms with Gasteiger partial charge in [0.1, 0.15) is 22.7 Å². The van der Waals surface area contributed by atoms with Crippen LogP contribution in [0.3, 0.4) is 0 Å². The van der Waals surface area contributed by atoms with E-state index in [1.165, 1.54) is 6.07 Å². The summed E-state index contributed by atoms with van der Waals surface area (Å²) in [5, 5.41) is 26.0. The van der Waals surface area contributed by atoms with Crippen LogP contribution in [0.2, 0.25) is 0 Å². The molecule has 9 heteroatoms. The van der Waals surface area contributed by atoms with Gasteiger partial charge in [0.15, 0.2) is 0 Å². The van der Waals surface area contributed by atoms with Crippen LogP contribution in [-0.4, -0.2) is 42.2 Å². The number of aliphatic hydroxyl groups is 1. The minimum atomic E-state index is -4.07. The molecular weight excluding hydrogens is 274 g/mol. The molecule has 0 unspecified atom stereocenters. The van der Waals surface area contributed by atoms with Crippen LogP contribution in [0.4, 0.5) is 0 Å². The highest BCUT2D eigenvalue weighted by Crippen LogP contribution is 2.09. The zero-order valence-corrected chi connectivity index (χ0v) is 10.5. The molecule has 0 aliphatic rings. The van der Waals surface area contributed by atoms with Gasteiger partial charge in [0.25, 0.3) is 0 Å². The van der Waals surface area contributed by atoms with Gasteiger partial charge in [-0.25, -0.2) is 13.4 Å². The van der Waals surface area contributed by atoms with Crippen LogP contribution in [-0.2, 0) is 14.8 Å². The second-order valence-electron chi connectivity index (χ2n) is 3.52. The SMILES string of the molecule is N#Cc1ccc(S(=O)(=O)N[C@H](CCO)C(=O)O)cn1. The molecular formula is C10H11N3O5S. The molecule has 0 aliphatic carbocycles. The Morgan fingerprint density at radius 2 is 2.21 bits per heavy atom. The highest BCUT2D eigenvalue weighted by Gasteiger charge is 2.25. The average Bonchev–Trinajstić information content (AvgIpc) is 2.38. The summed E-state index contributed by atoms with van der Waals surface area (Å²) in [6.07, 6.45) is 0.705. The van der Waals surface area contributed by atoms with Gasteiger partial charge >= 0.3 is 5.97 Å². The van der Waals surface area contributed by atoms with Crippen LogP contribution >= 0.6 is 0 Å². The van der Waals surface area contributed by atoms with Gasteiger partial charge in [-0.05, 0) is 18.6 Å². The highest BCUT2D eigenvalue weighted by molar-refractivity contribution is 7.89. The molecule has 0 aromatic carbocycles. The number of rotatable bonds is 6. The van der Waals surface area contributed by atoms with Gasteiger partial charge in [-0.1, -0.05) is 0 Å². The van der Waals surface area contributed by atoms with Crippen LogP contribution < -0.4 is 4.72 Å². The smallest absolute Gasteiger partial charge is 0.321 e. The number of nitriles is 1. The molecule has 19 heavy (non-hydrogen) atoms. The Hall–Kier alpha value is -2.02. The van der Waals surface area contributed by atoms with E-state index in [-0.39, 0.29) is 17.0 Å². The van der Waals surface area contributed by atoms with E-state index in [1.54, 1.807) is 6.07 Å². The third-order valence-corrected chi connectivity index (χ3v) is 3.63. The van der Waals surface area contributed by atoms with Crippen LogP contribution in [0.1, 0.15) is 12.1 Å². The average molecular weight is 285 g/mol. The maximum Gasteiger partial charge on any atom is 0.321 e. The molecule has 1 atom stereocenters. The molecule has 0 aliphatic heterocycles. The van der Waals surface area contributed by atoms with E-state index in [1.807, 2.05) is 4.72 Å². The summed E-state index contributed by atoms with van der Waals surface area (Å²) in [5.74, 6) is -1.39. The molecule has 3 N–H and O–H groups in total. The fourth-order valence-electron chi connectivity index (χ4n) is 1.22. The van der Waals surface area contributed by atoms with Crippen LogP contribution in [0, 0.1) is 11.3 Å².